The standard InChI is InChI=1S/C29H30ClFN4O4/c1-33(29(38)39-24-9-6-22(31)7-10-24)26-18-35(17-25(26)19-2-4-21(30)5-3-19)28(37)20-12-14-34(15-13-20)27-11-8-23(36)16-32-27/h2-11,16,20,25-26,36H,12-15,17-18H2,1H3. The smallest absolute Gasteiger partial charge is 0.415 e. The highest BCUT2D eigenvalue weighted by Crippen LogP contribution is 2.34. The van der Waals surface area contributed by atoms with Crippen LogP contribution in [-0.2, 0) is 4.79 Å². The number of ether oxygens (including phenoxy) is 1. The third-order valence-corrected chi connectivity index (χ3v) is 7.86. The van der Waals surface area contributed by atoms with Gasteiger partial charge in [-0.15, -0.1) is 0 Å². The van der Waals surface area contributed by atoms with E-state index in [4.69, 9.17) is 16.3 Å². The number of halogens is 2. The van der Waals surface area contributed by atoms with Crippen molar-refractivity contribution in [3.05, 3.63) is 83.3 Å². The SMILES string of the molecule is CN(C(=O)Oc1ccc(F)cc1)C1CN(C(=O)C2CCN(c3ccc(O)cn3)CC2)CC1c1ccc(Cl)cc1. The van der Waals surface area contributed by atoms with Crippen LogP contribution >= 0.6 is 11.6 Å². The van der Waals surface area contributed by atoms with E-state index in [1.807, 2.05) is 29.2 Å². The summed E-state index contributed by atoms with van der Waals surface area (Å²) in [6, 6.07) is 15.8. The van der Waals surface area contributed by atoms with Gasteiger partial charge in [0.25, 0.3) is 0 Å². The van der Waals surface area contributed by atoms with E-state index in [9.17, 15) is 19.1 Å². The van der Waals surface area contributed by atoms with Crippen molar-refractivity contribution in [2.45, 2.75) is 24.8 Å². The van der Waals surface area contributed by atoms with Crippen molar-refractivity contribution < 1.29 is 23.8 Å². The van der Waals surface area contributed by atoms with E-state index in [2.05, 4.69) is 9.88 Å². The number of aromatic hydroxyl groups is 1. The second kappa shape index (κ2) is 11.5. The average molecular weight is 553 g/mol. The number of carbonyl (C=O) groups is 2. The van der Waals surface area contributed by atoms with Gasteiger partial charge in [-0.2, -0.15) is 0 Å². The second-order valence-corrected chi connectivity index (χ2v) is 10.5. The Hall–Kier alpha value is -3.85. The van der Waals surface area contributed by atoms with E-state index in [0.29, 0.717) is 44.0 Å². The first kappa shape index (κ1) is 26.7. The van der Waals surface area contributed by atoms with E-state index in [1.54, 1.807) is 19.2 Å². The second-order valence-electron chi connectivity index (χ2n) is 10.0. The molecule has 3 aromatic rings. The van der Waals surface area contributed by atoms with E-state index in [1.165, 1.54) is 35.4 Å². The van der Waals surface area contributed by atoms with E-state index < -0.39 is 11.9 Å². The highest BCUT2D eigenvalue weighted by atomic mass is 35.5. The maximum absolute atomic E-state index is 13.6. The Morgan fingerprint density at radius 2 is 1.72 bits per heavy atom. The summed E-state index contributed by atoms with van der Waals surface area (Å²) in [7, 11) is 1.66. The molecule has 0 radical (unpaired) electrons. The van der Waals surface area contributed by atoms with Crippen molar-refractivity contribution >= 4 is 29.4 Å². The van der Waals surface area contributed by atoms with Gasteiger partial charge >= 0.3 is 6.09 Å². The molecule has 1 aromatic heterocycles. The summed E-state index contributed by atoms with van der Waals surface area (Å²) in [4.78, 5) is 36.5. The maximum atomic E-state index is 13.6. The molecule has 204 valence electrons. The molecule has 2 unspecified atom stereocenters. The van der Waals surface area contributed by atoms with Crippen LogP contribution in [0.4, 0.5) is 15.0 Å². The average Bonchev–Trinajstić information content (AvgIpc) is 3.40. The van der Waals surface area contributed by atoms with Gasteiger partial charge < -0.3 is 24.5 Å². The van der Waals surface area contributed by atoms with E-state index in [0.717, 1.165) is 11.4 Å². The maximum Gasteiger partial charge on any atom is 0.415 e. The molecule has 0 saturated carbocycles. The van der Waals surface area contributed by atoms with Crippen LogP contribution in [-0.4, -0.2) is 71.2 Å². The number of anilines is 1. The fraction of sp³-hybridized carbons (Fsp3) is 0.345. The number of piperidine rings is 1. The highest BCUT2D eigenvalue weighted by molar-refractivity contribution is 6.30. The molecule has 5 rings (SSSR count). The lowest BCUT2D eigenvalue weighted by Gasteiger charge is -2.34. The molecule has 1 N–H and O–H groups in total. The predicted molar refractivity (Wildman–Crippen MR) is 146 cm³/mol. The fourth-order valence-corrected chi connectivity index (χ4v) is 5.51. The predicted octanol–water partition coefficient (Wildman–Crippen LogP) is 4.92. The van der Waals surface area contributed by atoms with Gasteiger partial charge in [-0.05, 0) is 66.9 Å². The van der Waals surface area contributed by atoms with Crippen LogP contribution in [0.25, 0.3) is 0 Å². The molecule has 8 nitrogen and oxygen atoms in total. The molecule has 2 fully saturated rings. The van der Waals surface area contributed by atoms with Gasteiger partial charge in [0.2, 0.25) is 5.91 Å². The van der Waals surface area contributed by atoms with Crippen molar-refractivity contribution in [3.63, 3.8) is 0 Å². The Bertz CT molecular complexity index is 1300. The Morgan fingerprint density at radius 3 is 2.36 bits per heavy atom. The minimum Gasteiger partial charge on any atom is -0.506 e. The highest BCUT2D eigenvalue weighted by Gasteiger charge is 2.42. The number of likely N-dealkylation sites (tertiary alicyclic amines) is 1. The zero-order valence-electron chi connectivity index (χ0n) is 21.5. The molecular formula is C29H30ClFN4O4. The lowest BCUT2D eigenvalue weighted by molar-refractivity contribution is -0.135. The molecule has 39 heavy (non-hydrogen) atoms. The number of hydrogen-bond acceptors (Lipinski definition) is 6. The number of carbonyl (C=O) groups excluding carboxylic acids is 2. The van der Waals surface area contributed by atoms with Gasteiger partial charge in [-0.1, -0.05) is 23.7 Å². The van der Waals surface area contributed by atoms with Crippen LogP contribution in [0.15, 0.2) is 66.9 Å². The molecule has 10 heteroatoms. The van der Waals surface area contributed by atoms with E-state index in [-0.39, 0.29) is 35.3 Å². The van der Waals surface area contributed by atoms with Gasteiger partial charge in [-0.25, -0.2) is 14.2 Å². The van der Waals surface area contributed by atoms with Crippen LogP contribution < -0.4 is 9.64 Å². The number of amides is 2. The summed E-state index contributed by atoms with van der Waals surface area (Å²) < 4.78 is 18.8. The van der Waals surface area contributed by atoms with Crippen LogP contribution in [0.1, 0.15) is 24.3 Å². The molecular weight excluding hydrogens is 523 g/mol. The first-order valence-corrected chi connectivity index (χ1v) is 13.3. The van der Waals surface area contributed by atoms with Crippen molar-refractivity contribution in [2.75, 3.05) is 38.1 Å². The minimum atomic E-state index is -0.574. The van der Waals surface area contributed by atoms with Gasteiger partial charge in [0.05, 0.1) is 12.2 Å². The Kier molecular flexibility index (Phi) is 7.88. The summed E-state index contributed by atoms with van der Waals surface area (Å²) in [5, 5.41) is 10.1. The van der Waals surface area contributed by atoms with Crippen molar-refractivity contribution in [2.24, 2.45) is 5.92 Å². The van der Waals surface area contributed by atoms with Crippen LogP contribution in [0.5, 0.6) is 11.5 Å². The van der Waals surface area contributed by atoms with Crippen molar-refractivity contribution in [1.82, 2.24) is 14.8 Å². The summed E-state index contributed by atoms with van der Waals surface area (Å²) in [6.45, 7) is 2.23. The number of aromatic nitrogens is 1. The molecule has 2 amide bonds. The number of nitrogens with zero attached hydrogens (tertiary/aromatic N) is 4. The molecule has 2 aliphatic rings. The molecule has 2 saturated heterocycles. The normalized spacial score (nSPS) is 19.7. The summed E-state index contributed by atoms with van der Waals surface area (Å²) in [6.07, 6.45) is 2.23. The third kappa shape index (κ3) is 6.09. The summed E-state index contributed by atoms with van der Waals surface area (Å²) >= 11 is 6.12. The van der Waals surface area contributed by atoms with Gasteiger partial charge in [-0.3, -0.25) is 4.79 Å². The quantitative estimate of drug-likeness (QED) is 0.483. The van der Waals surface area contributed by atoms with E-state index >= 15 is 0 Å². The summed E-state index contributed by atoms with van der Waals surface area (Å²) in [5.41, 5.74) is 0.981. The first-order chi connectivity index (χ1) is 18.8. The molecule has 0 bridgehead atoms. The summed E-state index contributed by atoms with van der Waals surface area (Å²) in [5.74, 6) is 0.559. The van der Waals surface area contributed by atoms with Crippen LogP contribution in [0.3, 0.4) is 0 Å². The fourth-order valence-electron chi connectivity index (χ4n) is 5.39. The molecule has 2 aromatic carbocycles. The lowest BCUT2D eigenvalue weighted by Crippen LogP contribution is -2.45. The first-order valence-electron chi connectivity index (χ1n) is 12.9. The Balaban J connectivity index is 1.28. The molecule has 2 atom stereocenters. The van der Waals surface area contributed by atoms with Gasteiger partial charge in [0, 0.05) is 50.1 Å². The number of likely N-dealkylation sites (N-methyl/N-ethyl adjacent to an activating group) is 1. The van der Waals surface area contributed by atoms with Gasteiger partial charge in [0.15, 0.2) is 0 Å². The molecule has 0 aliphatic carbocycles. The molecule has 2 aliphatic heterocycles. The van der Waals surface area contributed by atoms with Crippen LogP contribution in [0.2, 0.25) is 5.02 Å². The minimum absolute atomic E-state index is 0.0788. The van der Waals surface area contributed by atoms with Crippen molar-refractivity contribution in [3.8, 4) is 11.5 Å². The zero-order chi connectivity index (χ0) is 27.5. The van der Waals surface area contributed by atoms with Gasteiger partial charge in [0.1, 0.15) is 23.1 Å². The largest absolute Gasteiger partial charge is 0.506 e. The number of pyridine rings is 1. The molecule has 0 spiro atoms. The number of benzene rings is 2. The zero-order valence-corrected chi connectivity index (χ0v) is 22.3. The number of hydrogen-bond donors (Lipinski definition) is 1. The Morgan fingerprint density at radius 1 is 1.03 bits per heavy atom. The topological polar surface area (TPSA) is 86.2 Å². The van der Waals surface area contributed by atoms with Crippen molar-refractivity contribution in [1.29, 1.82) is 0 Å². The monoisotopic (exact) mass is 552 g/mol. The molecule has 3 heterocycles. The third-order valence-electron chi connectivity index (χ3n) is 7.60. The number of rotatable bonds is 5. The van der Waals surface area contributed by atoms with Crippen LogP contribution in [0, 0.1) is 11.7 Å². The Labute approximate surface area is 231 Å². The lowest BCUT2D eigenvalue weighted by atomic mass is 9.93.